The maximum atomic E-state index is 14.5. The van der Waals surface area contributed by atoms with Crippen LogP contribution in [0.4, 0.5) is 0 Å². The molecule has 4 rings (SSSR count). The highest BCUT2D eigenvalue weighted by Crippen LogP contribution is 2.62. The van der Waals surface area contributed by atoms with Gasteiger partial charge in [-0.2, -0.15) is 0 Å². The van der Waals surface area contributed by atoms with Crippen LogP contribution in [0.25, 0.3) is 0 Å². The normalized spacial score (nSPS) is 10.8. The number of carbonyl (C=O) groups excluding carboxylic acids is 2. The third kappa shape index (κ3) is 8.89. The second-order valence-corrected chi connectivity index (χ2v) is 13.1. The maximum absolute atomic E-state index is 14.5. The molecule has 0 unspecified atom stereocenters. The molecule has 0 saturated heterocycles. The Morgan fingerprint density at radius 2 is 0.784 bits per heavy atom. The van der Waals surface area contributed by atoms with E-state index in [-0.39, 0.29) is 19.1 Å². The van der Waals surface area contributed by atoms with Crippen molar-refractivity contribution < 1.29 is 27.8 Å². The Morgan fingerprint density at radius 3 is 1.11 bits per heavy atom. The lowest BCUT2D eigenvalue weighted by molar-refractivity contribution is -0.0987. The Kier molecular flexibility index (Phi) is 12.6. The van der Waals surface area contributed by atoms with Crippen LogP contribution < -0.4 is 10.6 Å². The molecule has 4 aromatic carbocycles. The van der Waals surface area contributed by atoms with Gasteiger partial charge in [0.1, 0.15) is 19.5 Å². The van der Waals surface area contributed by atoms with Crippen LogP contribution in [0.15, 0.2) is 121 Å². The third-order valence-corrected chi connectivity index (χ3v) is 11.5. The van der Waals surface area contributed by atoms with E-state index < -0.39 is 14.7 Å². The second-order valence-electron chi connectivity index (χ2n) is 7.68. The monoisotopic (exact) mass is 536 g/mol. The van der Waals surface area contributed by atoms with Gasteiger partial charge in [0.2, 0.25) is 0 Å². The SMILES string of the molecule is C=O.C=O.O=P(CP(=O)(c1ccccc1)c1ccccc1)(OCc1ccccc1)OCc1ccccc1. The van der Waals surface area contributed by atoms with E-state index in [1.165, 1.54) is 0 Å². The summed E-state index contributed by atoms with van der Waals surface area (Å²) in [5.41, 5.74) is 1.74. The molecule has 4 aromatic rings. The van der Waals surface area contributed by atoms with Gasteiger partial charge in [-0.3, -0.25) is 4.57 Å². The van der Waals surface area contributed by atoms with Crippen molar-refractivity contribution in [1.82, 2.24) is 0 Å². The fourth-order valence-electron chi connectivity index (χ4n) is 3.51. The molecule has 0 aliphatic rings. The van der Waals surface area contributed by atoms with Gasteiger partial charge in [-0.1, -0.05) is 121 Å². The molecule has 0 spiro atoms. The number of rotatable bonds is 10. The summed E-state index contributed by atoms with van der Waals surface area (Å²) in [4.78, 5) is 16.0. The Bertz CT molecular complexity index is 1180. The van der Waals surface area contributed by atoms with Crippen molar-refractivity contribution >= 4 is 38.9 Å². The maximum Gasteiger partial charge on any atom is 0.339 e. The molecule has 37 heavy (non-hydrogen) atoms. The van der Waals surface area contributed by atoms with Crippen LogP contribution in [0, 0.1) is 0 Å². The first-order chi connectivity index (χ1) is 18.1. The molecule has 0 amide bonds. The molecule has 6 nitrogen and oxygen atoms in total. The van der Waals surface area contributed by atoms with Gasteiger partial charge in [-0.15, -0.1) is 0 Å². The average Bonchev–Trinajstić information content (AvgIpc) is 2.99. The molecule has 0 aliphatic heterocycles. The van der Waals surface area contributed by atoms with Crippen LogP contribution in [0.5, 0.6) is 0 Å². The summed E-state index contributed by atoms with van der Waals surface area (Å²) in [6.07, 6.45) is 0. The number of benzene rings is 4. The summed E-state index contributed by atoms with van der Waals surface area (Å²) in [5.74, 6) is -0.215. The van der Waals surface area contributed by atoms with Gasteiger partial charge >= 0.3 is 7.60 Å². The zero-order valence-electron chi connectivity index (χ0n) is 20.4. The minimum Gasteiger partial charge on any atom is -0.313 e. The molecule has 0 aromatic heterocycles. The molecule has 8 heteroatoms. The van der Waals surface area contributed by atoms with Gasteiger partial charge in [0.05, 0.1) is 13.2 Å². The van der Waals surface area contributed by atoms with Crippen LogP contribution in [-0.4, -0.2) is 19.5 Å². The molecule has 0 aliphatic carbocycles. The lowest BCUT2D eigenvalue weighted by atomic mass is 10.2. The topological polar surface area (TPSA) is 86.7 Å². The summed E-state index contributed by atoms with van der Waals surface area (Å²) in [6.45, 7) is 4.22. The van der Waals surface area contributed by atoms with E-state index in [1.807, 2.05) is 135 Å². The summed E-state index contributed by atoms with van der Waals surface area (Å²) < 4.78 is 40.5. The minimum atomic E-state index is -3.77. The lowest BCUT2D eigenvalue weighted by Gasteiger charge is -2.25. The molecule has 0 atom stereocenters. The molecule has 192 valence electrons. The predicted octanol–water partition coefficient (Wildman–Crippen LogP) is 6.21. The first-order valence-electron chi connectivity index (χ1n) is 11.3. The summed E-state index contributed by atoms with van der Waals surface area (Å²) in [5, 5.41) is 1.26. The Hall–Kier alpha value is -3.40. The first kappa shape index (κ1) is 29.8. The van der Waals surface area contributed by atoms with E-state index in [9.17, 15) is 9.13 Å². The molecule has 0 N–H and O–H groups in total. The number of hydrogen-bond donors (Lipinski definition) is 0. The van der Waals surface area contributed by atoms with Crippen molar-refractivity contribution in [2.75, 3.05) is 5.90 Å². The summed E-state index contributed by atoms with van der Waals surface area (Å²) in [6, 6.07) is 37.3. The molecular formula is C29H30O6P2. The average molecular weight is 537 g/mol. The minimum absolute atomic E-state index is 0.108. The molecule has 0 radical (unpaired) electrons. The zero-order valence-corrected chi connectivity index (χ0v) is 22.2. The van der Waals surface area contributed by atoms with Gasteiger partial charge in [0.15, 0.2) is 7.14 Å². The molecule has 0 saturated carbocycles. The standard InChI is InChI=1S/C27H26O4P2.2CH2O/c28-32(26-17-9-3-10-18-26,27-19-11-4-12-20-27)23-33(29,30-21-24-13-5-1-6-14-24)31-22-25-15-7-2-8-16-25;2*1-2/h1-20H,21-23H2;2*1H2. The molecular weight excluding hydrogens is 506 g/mol. The van der Waals surface area contributed by atoms with E-state index in [1.54, 1.807) is 0 Å². The molecule has 0 bridgehead atoms. The van der Waals surface area contributed by atoms with Crippen LogP contribution in [0.3, 0.4) is 0 Å². The third-order valence-electron chi connectivity index (χ3n) is 5.26. The largest absolute Gasteiger partial charge is 0.339 e. The van der Waals surface area contributed by atoms with Crippen LogP contribution >= 0.6 is 14.7 Å². The highest BCUT2D eigenvalue weighted by molar-refractivity contribution is 7.86. The molecule has 0 heterocycles. The van der Waals surface area contributed by atoms with E-state index in [4.69, 9.17) is 18.6 Å². The van der Waals surface area contributed by atoms with Gasteiger partial charge < -0.3 is 23.2 Å². The summed E-state index contributed by atoms with van der Waals surface area (Å²) in [7, 11) is -7.07. The quantitative estimate of drug-likeness (QED) is 0.224. The number of hydrogen-bond acceptors (Lipinski definition) is 6. The van der Waals surface area contributed by atoms with Crippen molar-refractivity contribution in [1.29, 1.82) is 0 Å². The van der Waals surface area contributed by atoms with Crippen LogP contribution in [0.1, 0.15) is 11.1 Å². The van der Waals surface area contributed by atoms with Crippen molar-refractivity contribution in [3.05, 3.63) is 132 Å². The fraction of sp³-hybridized carbons (Fsp3) is 0.103. The fourth-order valence-corrected chi connectivity index (χ4v) is 9.79. The highest BCUT2D eigenvalue weighted by atomic mass is 31.2. The Morgan fingerprint density at radius 1 is 0.486 bits per heavy atom. The van der Waals surface area contributed by atoms with Crippen molar-refractivity contribution in [2.45, 2.75) is 13.2 Å². The van der Waals surface area contributed by atoms with E-state index in [2.05, 4.69) is 0 Å². The first-order valence-corrected chi connectivity index (χ1v) is 14.9. The summed E-state index contributed by atoms with van der Waals surface area (Å²) >= 11 is 0. The van der Waals surface area contributed by atoms with E-state index >= 15 is 0 Å². The Labute approximate surface area is 218 Å². The van der Waals surface area contributed by atoms with Gasteiger partial charge in [0.25, 0.3) is 0 Å². The Balaban J connectivity index is 0.00000115. The zero-order chi connectivity index (χ0) is 27.0. The van der Waals surface area contributed by atoms with E-state index in [0.29, 0.717) is 10.6 Å². The second kappa shape index (κ2) is 15.7. The van der Waals surface area contributed by atoms with Crippen molar-refractivity contribution in [3.63, 3.8) is 0 Å². The van der Waals surface area contributed by atoms with Crippen LogP contribution in [0.2, 0.25) is 0 Å². The highest BCUT2D eigenvalue weighted by Gasteiger charge is 2.39. The van der Waals surface area contributed by atoms with Gasteiger partial charge in [-0.05, 0) is 11.1 Å². The smallest absolute Gasteiger partial charge is 0.313 e. The van der Waals surface area contributed by atoms with Crippen molar-refractivity contribution in [3.8, 4) is 0 Å². The predicted molar refractivity (Wildman–Crippen MR) is 149 cm³/mol. The lowest BCUT2D eigenvalue weighted by Crippen LogP contribution is -2.19. The molecule has 0 fully saturated rings. The van der Waals surface area contributed by atoms with Gasteiger partial charge in [0, 0.05) is 10.6 Å². The van der Waals surface area contributed by atoms with E-state index in [0.717, 1.165) is 11.1 Å². The van der Waals surface area contributed by atoms with Crippen molar-refractivity contribution in [2.24, 2.45) is 0 Å². The van der Waals surface area contributed by atoms with Crippen LogP contribution in [-0.2, 0) is 41.0 Å². The number of carbonyl (C=O) groups is 2. The van der Waals surface area contributed by atoms with Gasteiger partial charge in [-0.25, -0.2) is 0 Å².